The van der Waals surface area contributed by atoms with Gasteiger partial charge >= 0.3 is 11.7 Å². The summed E-state index contributed by atoms with van der Waals surface area (Å²) in [7, 11) is -1.46. The number of hydrazone groups is 1. The fourth-order valence-electron chi connectivity index (χ4n) is 3.70. The molecular weight excluding hydrogens is 460 g/mol. The Morgan fingerprint density at radius 2 is 1.63 bits per heavy atom. The second kappa shape index (κ2) is 10.1. The third kappa shape index (κ3) is 5.17. The molecule has 1 aliphatic heterocycles. The zero-order chi connectivity index (χ0) is 25.9. The summed E-state index contributed by atoms with van der Waals surface area (Å²) in [5, 5.41) is 5.62. The van der Waals surface area contributed by atoms with Crippen molar-refractivity contribution in [3.8, 4) is 0 Å². The van der Waals surface area contributed by atoms with E-state index < -0.39 is 31.6 Å². The van der Waals surface area contributed by atoms with Crippen LogP contribution in [0.25, 0.3) is 5.53 Å². The van der Waals surface area contributed by atoms with Gasteiger partial charge in [0.05, 0.1) is 12.8 Å². The molecule has 0 bridgehead atoms. The first-order valence-electron chi connectivity index (χ1n) is 11.5. The number of methoxy groups -OCH3 is 1. The van der Waals surface area contributed by atoms with Gasteiger partial charge in [0.25, 0.3) is 11.6 Å². The molecule has 8 nitrogen and oxygen atoms in total. The van der Waals surface area contributed by atoms with Crippen LogP contribution in [0, 0.1) is 0 Å². The highest BCUT2D eigenvalue weighted by molar-refractivity contribution is 6.74. The molecule has 2 aromatic carbocycles. The number of hydrogen-bond acceptors (Lipinski definition) is 5. The Morgan fingerprint density at radius 1 is 1.06 bits per heavy atom. The van der Waals surface area contributed by atoms with Gasteiger partial charge in [-0.05, 0) is 42.2 Å². The molecule has 1 heterocycles. The van der Waals surface area contributed by atoms with E-state index >= 15 is 0 Å². The highest BCUT2D eigenvalue weighted by Gasteiger charge is 2.61. The van der Waals surface area contributed by atoms with Crippen LogP contribution in [0.5, 0.6) is 0 Å². The van der Waals surface area contributed by atoms with E-state index in [4.69, 9.17) is 14.3 Å². The second-order valence-corrected chi connectivity index (χ2v) is 14.7. The SMILES string of the molecule is COC(=O)C(=[N+]=[N-])C1(O[Si](C)(C)C(C)(C)C)CCC(c2ccccc2)=NN1C(=O)c1ccccc1. The lowest BCUT2D eigenvalue weighted by molar-refractivity contribution is -0.145. The van der Waals surface area contributed by atoms with Crippen LogP contribution < -0.4 is 0 Å². The van der Waals surface area contributed by atoms with Crippen LogP contribution in [-0.4, -0.2) is 54.3 Å². The summed E-state index contributed by atoms with van der Waals surface area (Å²) >= 11 is 0. The summed E-state index contributed by atoms with van der Waals surface area (Å²) in [6.07, 6.45) is 0.535. The minimum atomic E-state index is -2.66. The highest BCUT2D eigenvalue weighted by Crippen LogP contribution is 2.43. The Kier molecular flexibility index (Phi) is 7.55. The zero-order valence-corrected chi connectivity index (χ0v) is 22.1. The maximum Gasteiger partial charge on any atom is 0.428 e. The van der Waals surface area contributed by atoms with E-state index in [1.165, 1.54) is 12.1 Å². The number of amides is 1. The van der Waals surface area contributed by atoms with Gasteiger partial charge in [0.15, 0.2) is 8.32 Å². The lowest BCUT2D eigenvalue weighted by Gasteiger charge is -2.47. The summed E-state index contributed by atoms with van der Waals surface area (Å²) in [6.45, 7) is 10.1. The van der Waals surface area contributed by atoms with Crippen molar-refractivity contribution in [2.24, 2.45) is 5.10 Å². The number of rotatable bonds is 6. The van der Waals surface area contributed by atoms with Gasteiger partial charge in [0.2, 0.25) is 0 Å². The van der Waals surface area contributed by atoms with Gasteiger partial charge < -0.3 is 14.7 Å². The molecular formula is C26H32N4O4Si. The molecule has 2 aromatic rings. The predicted octanol–water partition coefficient (Wildman–Crippen LogP) is 4.89. The fraction of sp³-hybridized carbons (Fsp3) is 0.385. The number of benzene rings is 2. The summed E-state index contributed by atoms with van der Waals surface area (Å²) in [5.74, 6) is -1.38. The Hall–Kier alpha value is -3.39. The average Bonchev–Trinajstić information content (AvgIpc) is 2.84. The smallest absolute Gasteiger partial charge is 0.428 e. The normalized spacial score (nSPS) is 18.3. The van der Waals surface area contributed by atoms with Gasteiger partial charge in [0.1, 0.15) is 0 Å². The van der Waals surface area contributed by atoms with Gasteiger partial charge in [-0.15, -0.1) is 0 Å². The lowest BCUT2D eigenvalue weighted by Crippen LogP contribution is -2.66. The minimum absolute atomic E-state index is 0.153. The molecule has 0 saturated carbocycles. The van der Waals surface area contributed by atoms with Gasteiger partial charge in [-0.1, -0.05) is 69.3 Å². The van der Waals surface area contributed by atoms with E-state index in [1.807, 2.05) is 64.2 Å². The first kappa shape index (κ1) is 26.2. The number of carbonyl (C=O) groups excluding carboxylic acids is 2. The first-order valence-corrected chi connectivity index (χ1v) is 14.4. The van der Waals surface area contributed by atoms with Gasteiger partial charge in [-0.2, -0.15) is 14.9 Å². The molecule has 0 aromatic heterocycles. The van der Waals surface area contributed by atoms with E-state index in [1.54, 1.807) is 30.3 Å². The molecule has 184 valence electrons. The molecule has 0 fully saturated rings. The monoisotopic (exact) mass is 492 g/mol. The topological polar surface area (TPSA) is 105 Å². The number of hydrogen-bond donors (Lipinski definition) is 0. The van der Waals surface area contributed by atoms with Crippen LogP contribution in [-0.2, 0) is 14.0 Å². The van der Waals surface area contributed by atoms with Crippen LogP contribution in [0.4, 0.5) is 0 Å². The predicted molar refractivity (Wildman–Crippen MR) is 136 cm³/mol. The van der Waals surface area contributed by atoms with E-state index in [0.29, 0.717) is 17.7 Å². The molecule has 1 aliphatic rings. The van der Waals surface area contributed by atoms with Gasteiger partial charge in [-0.25, -0.2) is 4.79 Å². The van der Waals surface area contributed by atoms with Crippen molar-refractivity contribution in [1.29, 1.82) is 0 Å². The third-order valence-electron chi connectivity index (χ3n) is 6.66. The molecule has 9 heteroatoms. The summed E-state index contributed by atoms with van der Waals surface area (Å²) in [5.41, 5.74) is 9.73. The maximum atomic E-state index is 13.9. The number of esters is 1. The van der Waals surface area contributed by atoms with Crippen molar-refractivity contribution in [3.05, 3.63) is 77.3 Å². The molecule has 0 aliphatic carbocycles. The molecule has 35 heavy (non-hydrogen) atoms. The van der Waals surface area contributed by atoms with Crippen LogP contribution in [0.15, 0.2) is 65.8 Å². The van der Waals surface area contributed by atoms with Crippen molar-refractivity contribution >= 4 is 31.6 Å². The van der Waals surface area contributed by atoms with Crippen molar-refractivity contribution in [1.82, 2.24) is 5.01 Å². The number of nitrogens with zero attached hydrogens (tertiary/aromatic N) is 4. The lowest BCUT2D eigenvalue weighted by atomic mass is 9.93. The first-order chi connectivity index (χ1) is 16.5. The van der Waals surface area contributed by atoms with E-state index in [9.17, 15) is 15.1 Å². The summed E-state index contributed by atoms with van der Waals surface area (Å²) < 4.78 is 11.7. The minimum Gasteiger partial charge on any atom is -0.460 e. The van der Waals surface area contributed by atoms with Gasteiger partial charge in [0, 0.05) is 12.0 Å². The average molecular weight is 493 g/mol. The fourth-order valence-corrected chi connectivity index (χ4v) is 5.14. The van der Waals surface area contributed by atoms with E-state index in [0.717, 1.165) is 5.56 Å². The molecule has 1 amide bonds. The van der Waals surface area contributed by atoms with Crippen LogP contribution >= 0.6 is 0 Å². The number of carbonyl (C=O) groups is 2. The van der Waals surface area contributed by atoms with Crippen LogP contribution in [0.2, 0.25) is 18.1 Å². The Bertz CT molecular complexity index is 1170. The standard InChI is InChI=1S/C26H32N4O4Si/c1-25(2,3)35(5,6)34-26(22(28-27)24(32)33-4)18-17-21(19-13-9-7-10-14-19)29-30(26)23(31)20-15-11-8-12-16-20/h7-16H,17-18H2,1-6H3. The van der Waals surface area contributed by atoms with E-state index in [2.05, 4.69) is 4.79 Å². The van der Waals surface area contributed by atoms with Gasteiger partial charge in [-0.3, -0.25) is 4.79 Å². The Morgan fingerprint density at radius 3 is 2.14 bits per heavy atom. The summed E-state index contributed by atoms with van der Waals surface area (Å²) in [6, 6.07) is 18.1. The van der Waals surface area contributed by atoms with Crippen molar-refractivity contribution in [2.75, 3.05) is 7.11 Å². The summed E-state index contributed by atoms with van der Waals surface area (Å²) in [4.78, 5) is 30.1. The highest BCUT2D eigenvalue weighted by atomic mass is 28.4. The molecule has 0 N–H and O–H groups in total. The maximum absolute atomic E-state index is 13.9. The molecule has 1 atom stereocenters. The Labute approximate surface area is 207 Å². The third-order valence-corrected chi connectivity index (χ3v) is 11.1. The molecule has 0 saturated heterocycles. The largest absolute Gasteiger partial charge is 0.460 e. The van der Waals surface area contributed by atoms with Crippen LogP contribution in [0.1, 0.15) is 49.5 Å². The Balaban J connectivity index is 2.30. The molecule has 0 spiro atoms. The van der Waals surface area contributed by atoms with Crippen LogP contribution in [0.3, 0.4) is 0 Å². The second-order valence-electron chi connectivity index (χ2n) is 9.98. The zero-order valence-electron chi connectivity index (χ0n) is 21.1. The van der Waals surface area contributed by atoms with Crippen molar-refractivity contribution in [3.63, 3.8) is 0 Å². The van der Waals surface area contributed by atoms with E-state index in [-0.39, 0.29) is 11.5 Å². The molecule has 1 unspecified atom stereocenters. The van der Waals surface area contributed by atoms with Crippen molar-refractivity contribution in [2.45, 2.75) is 57.5 Å². The number of ether oxygens (including phenoxy) is 1. The molecule has 0 radical (unpaired) electrons. The molecule has 3 rings (SSSR count). The quantitative estimate of drug-likeness (QED) is 0.188. The van der Waals surface area contributed by atoms with Crippen molar-refractivity contribution < 1.29 is 23.5 Å².